The summed E-state index contributed by atoms with van der Waals surface area (Å²) in [6.45, 7) is 8.22. The molecular formula is C22H34N4O3. The smallest absolute Gasteiger partial charge is 0.321 e. The number of amides is 4. The minimum atomic E-state index is -0.266. The van der Waals surface area contributed by atoms with Gasteiger partial charge in [0.2, 0.25) is 11.8 Å². The Morgan fingerprint density at radius 2 is 2.00 bits per heavy atom. The molecule has 2 N–H and O–H groups in total. The molecule has 0 radical (unpaired) electrons. The number of nitrogens with zero attached hydrogens (tertiary/aromatic N) is 2. The fourth-order valence-electron chi connectivity index (χ4n) is 3.58. The first kappa shape index (κ1) is 22.7. The molecule has 7 nitrogen and oxygen atoms in total. The Labute approximate surface area is 173 Å². The lowest BCUT2D eigenvalue weighted by molar-refractivity contribution is -0.140. The third kappa shape index (κ3) is 7.07. The first-order valence-corrected chi connectivity index (χ1v) is 10.6. The van der Waals surface area contributed by atoms with Crippen molar-refractivity contribution in [2.24, 2.45) is 5.92 Å². The second kappa shape index (κ2) is 11.4. The van der Waals surface area contributed by atoms with E-state index in [2.05, 4.69) is 10.6 Å². The van der Waals surface area contributed by atoms with Crippen molar-refractivity contribution in [1.82, 2.24) is 15.1 Å². The molecule has 1 atom stereocenters. The fourth-order valence-corrected chi connectivity index (χ4v) is 3.58. The number of rotatable bonds is 8. The summed E-state index contributed by atoms with van der Waals surface area (Å²) in [6, 6.07) is 7.47. The summed E-state index contributed by atoms with van der Waals surface area (Å²) in [5, 5.41) is 5.75. The monoisotopic (exact) mass is 402 g/mol. The van der Waals surface area contributed by atoms with Crippen LogP contribution in [0.25, 0.3) is 0 Å². The Morgan fingerprint density at radius 3 is 2.69 bits per heavy atom. The van der Waals surface area contributed by atoms with E-state index in [4.69, 9.17) is 0 Å². The maximum Gasteiger partial charge on any atom is 0.321 e. The highest BCUT2D eigenvalue weighted by molar-refractivity contribution is 5.90. The Kier molecular flexibility index (Phi) is 8.96. The largest absolute Gasteiger partial charge is 0.355 e. The van der Waals surface area contributed by atoms with Crippen molar-refractivity contribution < 1.29 is 14.4 Å². The quantitative estimate of drug-likeness (QED) is 0.701. The molecule has 0 saturated carbocycles. The van der Waals surface area contributed by atoms with Crippen molar-refractivity contribution in [2.75, 3.05) is 38.0 Å². The topological polar surface area (TPSA) is 81.8 Å². The fraction of sp³-hybridized carbons (Fsp3) is 0.591. The van der Waals surface area contributed by atoms with Crippen LogP contribution in [-0.2, 0) is 9.59 Å². The maximum absolute atomic E-state index is 13.1. The van der Waals surface area contributed by atoms with E-state index in [9.17, 15) is 14.4 Å². The van der Waals surface area contributed by atoms with Gasteiger partial charge >= 0.3 is 6.03 Å². The Hall–Kier alpha value is -2.57. The summed E-state index contributed by atoms with van der Waals surface area (Å²) in [4.78, 5) is 41.2. The number of carbonyl (C=O) groups is 3. The molecule has 160 valence electrons. The van der Waals surface area contributed by atoms with Crippen LogP contribution in [0.5, 0.6) is 0 Å². The van der Waals surface area contributed by atoms with Gasteiger partial charge < -0.3 is 20.4 Å². The lowest BCUT2D eigenvalue weighted by Gasteiger charge is -2.34. The molecular weight excluding hydrogens is 368 g/mol. The summed E-state index contributed by atoms with van der Waals surface area (Å²) >= 11 is 0. The minimum Gasteiger partial charge on any atom is -0.355 e. The van der Waals surface area contributed by atoms with Gasteiger partial charge in [-0.1, -0.05) is 26.0 Å². The van der Waals surface area contributed by atoms with Gasteiger partial charge in [-0.3, -0.25) is 9.59 Å². The van der Waals surface area contributed by atoms with E-state index in [1.807, 2.05) is 45.0 Å². The van der Waals surface area contributed by atoms with Crippen molar-refractivity contribution in [3.8, 4) is 0 Å². The van der Waals surface area contributed by atoms with Crippen molar-refractivity contribution >= 4 is 23.5 Å². The summed E-state index contributed by atoms with van der Waals surface area (Å²) in [5.41, 5.74) is 1.83. The van der Waals surface area contributed by atoms with Crippen LogP contribution < -0.4 is 10.6 Å². The molecule has 4 amide bonds. The Bertz CT molecular complexity index is 707. The molecule has 2 rings (SSSR count). The predicted octanol–water partition coefficient (Wildman–Crippen LogP) is 3.00. The Morgan fingerprint density at radius 1 is 1.21 bits per heavy atom. The van der Waals surface area contributed by atoms with E-state index in [-0.39, 0.29) is 30.3 Å². The highest BCUT2D eigenvalue weighted by Crippen LogP contribution is 2.20. The van der Waals surface area contributed by atoms with E-state index in [1.165, 1.54) is 0 Å². The van der Waals surface area contributed by atoms with E-state index < -0.39 is 0 Å². The van der Waals surface area contributed by atoms with Gasteiger partial charge in [0.15, 0.2) is 0 Å². The van der Waals surface area contributed by atoms with E-state index in [0.29, 0.717) is 26.2 Å². The third-order valence-corrected chi connectivity index (χ3v) is 5.04. The summed E-state index contributed by atoms with van der Waals surface area (Å²) < 4.78 is 0. The van der Waals surface area contributed by atoms with Crippen LogP contribution >= 0.6 is 0 Å². The average Bonchev–Trinajstić information content (AvgIpc) is 2.71. The molecule has 1 aliphatic rings. The number of nitrogens with one attached hydrogen (secondary N) is 2. The maximum atomic E-state index is 13.1. The zero-order valence-electron chi connectivity index (χ0n) is 17.9. The molecule has 1 aromatic carbocycles. The molecule has 1 unspecified atom stereocenters. The van der Waals surface area contributed by atoms with E-state index in [1.54, 1.807) is 9.80 Å². The van der Waals surface area contributed by atoms with Gasteiger partial charge in [-0.25, -0.2) is 4.79 Å². The standard InChI is InChI=1S/C22H34N4O3/c1-4-11-23-20(27)16-25(12-5-2)21(28)18-9-7-13-26(15-18)22(29)24-19-10-6-8-17(3)14-19/h6,8,10,14,18H,4-5,7,9,11-13,15-16H2,1-3H3,(H,23,27)(H,24,29). The van der Waals surface area contributed by atoms with Crippen LogP contribution in [0.2, 0.25) is 0 Å². The SMILES string of the molecule is CCCNC(=O)CN(CCC)C(=O)C1CCCN(C(=O)Nc2cccc(C)c2)C1. The van der Waals surface area contributed by atoms with Crippen LogP contribution in [-0.4, -0.2) is 60.4 Å². The molecule has 1 heterocycles. The van der Waals surface area contributed by atoms with Crippen LogP contribution in [0.1, 0.15) is 45.1 Å². The number of hydrogen-bond donors (Lipinski definition) is 2. The number of likely N-dealkylation sites (tertiary alicyclic amines) is 1. The van der Waals surface area contributed by atoms with Crippen LogP contribution in [0.15, 0.2) is 24.3 Å². The van der Waals surface area contributed by atoms with Crippen molar-refractivity contribution in [2.45, 2.75) is 46.5 Å². The van der Waals surface area contributed by atoms with Gasteiger partial charge in [0, 0.05) is 31.9 Å². The lowest BCUT2D eigenvalue weighted by Crippen LogP contribution is -2.50. The summed E-state index contributed by atoms with van der Waals surface area (Å²) in [7, 11) is 0. The van der Waals surface area contributed by atoms with E-state index in [0.717, 1.165) is 36.9 Å². The molecule has 0 aromatic heterocycles. The van der Waals surface area contributed by atoms with Gasteiger partial charge in [0.1, 0.15) is 0 Å². The number of piperidine rings is 1. The van der Waals surface area contributed by atoms with Gasteiger partial charge in [-0.05, 0) is 50.3 Å². The number of benzene rings is 1. The highest BCUT2D eigenvalue weighted by atomic mass is 16.2. The molecule has 0 aliphatic carbocycles. The molecule has 7 heteroatoms. The van der Waals surface area contributed by atoms with Crippen molar-refractivity contribution in [3.05, 3.63) is 29.8 Å². The predicted molar refractivity (Wildman–Crippen MR) is 115 cm³/mol. The molecule has 1 aliphatic heterocycles. The first-order chi connectivity index (χ1) is 13.9. The highest BCUT2D eigenvalue weighted by Gasteiger charge is 2.31. The normalized spacial score (nSPS) is 16.2. The second-order valence-electron chi connectivity index (χ2n) is 7.69. The molecule has 29 heavy (non-hydrogen) atoms. The average molecular weight is 403 g/mol. The molecule has 0 bridgehead atoms. The summed E-state index contributed by atoms with van der Waals surface area (Å²) in [5.74, 6) is -0.428. The Balaban J connectivity index is 1.96. The second-order valence-corrected chi connectivity index (χ2v) is 7.69. The molecule has 1 saturated heterocycles. The number of anilines is 1. The third-order valence-electron chi connectivity index (χ3n) is 5.04. The van der Waals surface area contributed by atoms with Crippen molar-refractivity contribution in [1.29, 1.82) is 0 Å². The minimum absolute atomic E-state index is 0.0356. The number of urea groups is 1. The van der Waals surface area contributed by atoms with Gasteiger partial charge in [-0.2, -0.15) is 0 Å². The van der Waals surface area contributed by atoms with Gasteiger partial charge in [0.25, 0.3) is 0 Å². The summed E-state index contributed by atoms with van der Waals surface area (Å²) in [6.07, 6.45) is 3.17. The number of hydrogen-bond acceptors (Lipinski definition) is 3. The zero-order chi connectivity index (χ0) is 21.2. The first-order valence-electron chi connectivity index (χ1n) is 10.6. The molecule has 1 aromatic rings. The number of aryl methyl sites for hydroxylation is 1. The zero-order valence-corrected chi connectivity index (χ0v) is 17.9. The molecule has 1 fully saturated rings. The van der Waals surface area contributed by atoms with Crippen LogP contribution in [0.3, 0.4) is 0 Å². The van der Waals surface area contributed by atoms with Crippen LogP contribution in [0.4, 0.5) is 10.5 Å². The van der Waals surface area contributed by atoms with E-state index >= 15 is 0 Å². The van der Waals surface area contributed by atoms with Gasteiger partial charge in [-0.15, -0.1) is 0 Å². The van der Waals surface area contributed by atoms with Gasteiger partial charge in [0.05, 0.1) is 12.5 Å². The lowest BCUT2D eigenvalue weighted by atomic mass is 9.96. The number of carbonyl (C=O) groups excluding carboxylic acids is 3. The molecule has 0 spiro atoms. The van der Waals surface area contributed by atoms with Crippen molar-refractivity contribution in [3.63, 3.8) is 0 Å². The van der Waals surface area contributed by atoms with Crippen LogP contribution in [0, 0.1) is 12.8 Å².